The number of carboxylic acids is 1. The first kappa shape index (κ1) is 27.5. The first-order chi connectivity index (χ1) is 17.9. The third-order valence-corrected chi connectivity index (χ3v) is 7.73. The molecule has 1 N–H and O–H groups in total. The molecule has 2 aliphatic rings. The van der Waals surface area contributed by atoms with E-state index < -0.39 is 58.3 Å². The van der Waals surface area contributed by atoms with Crippen molar-refractivity contribution in [1.82, 2.24) is 14.3 Å². The largest absolute Gasteiger partial charge is 0.480 e. The minimum atomic E-state index is -1.45. The number of halogens is 3. The zero-order chi connectivity index (χ0) is 27.8. The molecule has 0 spiro atoms. The maximum atomic E-state index is 15.0. The van der Waals surface area contributed by atoms with E-state index in [2.05, 4.69) is 15.0 Å². The summed E-state index contributed by atoms with van der Waals surface area (Å²) in [5.41, 5.74) is -0.938. The molecule has 0 saturated heterocycles. The highest BCUT2D eigenvalue weighted by molar-refractivity contribution is 8.17. The second-order valence-electron chi connectivity index (χ2n) is 9.48. The smallest absolute Gasteiger partial charge is 0.428 e. The van der Waals surface area contributed by atoms with Crippen LogP contribution in [0.2, 0.25) is 0 Å². The van der Waals surface area contributed by atoms with E-state index in [0.717, 1.165) is 24.5 Å². The Balaban J connectivity index is 1.72. The number of carbonyl (C=O) groups is 2. The number of thioether (sulfide) groups is 1. The highest BCUT2D eigenvalue weighted by Crippen LogP contribution is 2.64. The Morgan fingerprint density at radius 1 is 1.34 bits per heavy atom. The van der Waals surface area contributed by atoms with E-state index in [9.17, 15) is 23.0 Å². The number of benzene rings is 1. The Kier molecular flexibility index (Phi) is 7.44. The molecule has 1 aliphatic heterocycles. The fraction of sp³-hybridized carbons (Fsp3) is 0.333. The van der Waals surface area contributed by atoms with Gasteiger partial charge in [0.15, 0.2) is 29.0 Å². The Morgan fingerprint density at radius 3 is 2.66 bits per heavy atom. The monoisotopic (exact) mass is 563 g/mol. The van der Waals surface area contributed by atoms with Gasteiger partial charge in [0.2, 0.25) is 0 Å². The van der Waals surface area contributed by atoms with Crippen LogP contribution in [0.5, 0.6) is 0 Å². The lowest BCUT2D eigenvalue weighted by molar-refractivity contribution is -0.137. The molecule has 4 rings (SSSR count). The van der Waals surface area contributed by atoms with Crippen molar-refractivity contribution in [1.29, 1.82) is 5.26 Å². The standard InChI is InChI=1S/C24H20F3N5O4S2/c1-23(2,3)36-22(35)32(38-27)21-31-19(15-8-24(15,37-21)20(33)34)14-6-12(4-5-16(14)25)7-17(26)18-11-29-13(9-28)10-30-18/h4-7,10-11,15,19H,8H2,1-3H3,(H,33,34)/b17-7-. The molecule has 1 aromatic heterocycles. The Labute approximate surface area is 224 Å². The van der Waals surface area contributed by atoms with Gasteiger partial charge in [0, 0.05) is 11.5 Å². The summed E-state index contributed by atoms with van der Waals surface area (Å²) in [5, 5.41) is 18.4. The van der Waals surface area contributed by atoms with E-state index in [4.69, 9.17) is 10.00 Å². The van der Waals surface area contributed by atoms with Crippen LogP contribution in [-0.4, -0.2) is 47.0 Å². The number of hydrogen-bond donors (Lipinski definition) is 1. The van der Waals surface area contributed by atoms with Crippen molar-refractivity contribution in [3.63, 3.8) is 0 Å². The number of rotatable bonds is 5. The van der Waals surface area contributed by atoms with E-state index in [1.165, 1.54) is 12.1 Å². The number of amidine groups is 1. The van der Waals surface area contributed by atoms with Crippen LogP contribution in [0, 0.1) is 23.1 Å². The molecule has 1 aliphatic carbocycles. The second kappa shape index (κ2) is 10.3. The molecule has 14 heteroatoms. The minimum absolute atomic E-state index is 0.00710. The molecular weight excluding hydrogens is 543 g/mol. The SMILES string of the molecule is CC(C)(C)OC(=O)N(SF)C1=NC(c2cc(/C=C(\F)c3cnc(C#N)cn3)ccc2F)C2CC2(C(=O)O)S1. The molecule has 2 aromatic rings. The number of hydrogen-bond acceptors (Lipinski definition) is 9. The Morgan fingerprint density at radius 2 is 2.08 bits per heavy atom. The highest BCUT2D eigenvalue weighted by Gasteiger charge is 2.68. The highest BCUT2D eigenvalue weighted by atomic mass is 32.2. The summed E-state index contributed by atoms with van der Waals surface area (Å²) in [6.07, 6.45) is 2.25. The van der Waals surface area contributed by atoms with E-state index in [0.29, 0.717) is 16.1 Å². The molecular formula is C24H20F3N5O4S2. The van der Waals surface area contributed by atoms with Gasteiger partial charge in [0.05, 0.1) is 18.4 Å². The number of nitriles is 1. The summed E-state index contributed by atoms with van der Waals surface area (Å²) in [6, 6.07) is 4.37. The first-order valence-corrected chi connectivity index (χ1v) is 12.6. The normalized spacial score (nSPS) is 22.6. The van der Waals surface area contributed by atoms with Crippen molar-refractivity contribution < 1.29 is 32.1 Å². The van der Waals surface area contributed by atoms with Crippen LogP contribution in [0.1, 0.15) is 55.7 Å². The van der Waals surface area contributed by atoms with Gasteiger partial charge < -0.3 is 9.84 Å². The number of aliphatic carboxylic acids is 1. The first-order valence-electron chi connectivity index (χ1n) is 11.1. The fourth-order valence-electron chi connectivity index (χ4n) is 3.87. The van der Waals surface area contributed by atoms with Gasteiger partial charge in [-0.3, -0.25) is 9.79 Å². The summed E-state index contributed by atoms with van der Waals surface area (Å²) in [7, 11) is 0. The molecule has 3 atom stereocenters. The zero-order valence-electron chi connectivity index (χ0n) is 20.2. The fourth-order valence-corrected chi connectivity index (χ4v) is 5.54. The molecule has 1 fully saturated rings. The number of nitrogens with zero attached hydrogens (tertiary/aromatic N) is 5. The average molecular weight is 564 g/mol. The number of carbonyl (C=O) groups excluding carboxylic acids is 1. The molecule has 1 aromatic carbocycles. The molecule has 1 saturated carbocycles. The summed E-state index contributed by atoms with van der Waals surface area (Å²) < 4.78 is 48.0. The van der Waals surface area contributed by atoms with Crippen LogP contribution in [0.15, 0.2) is 35.6 Å². The number of fused-ring (bicyclic) bond motifs is 1. The van der Waals surface area contributed by atoms with Crippen LogP contribution in [0.25, 0.3) is 11.9 Å². The van der Waals surface area contributed by atoms with E-state index >= 15 is 4.39 Å². The number of aromatic nitrogens is 2. The predicted octanol–water partition coefficient (Wildman–Crippen LogP) is 5.71. The average Bonchev–Trinajstić information content (AvgIpc) is 3.61. The lowest BCUT2D eigenvalue weighted by Crippen LogP contribution is -2.39. The summed E-state index contributed by atoms with van der Waals surface area (Å²) in [5.74, 6) is -3.40. The van der Waals surface area contributed by atoms with Crippen molar-refractivity contribution in [3.05, 3.63) is 58.9 Å². The third kappa shape index (κ3) is 5.48. The van der Waals surface area contributed by atoms with Gasteiger partial charge in [-0.2, -0.15) is 9.57 Å². The second-order valence-corrected chi connectivity index (χ2v) is 11.3. The lowest BCUT2D eigenvalue weighted by Gasteiger charge is -2.29. The quantitative estimate of drug-likeness (QED) is 0.455. The molecule has 198 valence electrons. The van der Waals surface area contributed by atoms with Gasteiger partial charge in [-0.1, -0.05) is 17.8 Å². The van der Waals surface area contributed by atoms with Crippen molar-refractivity contribution in [2.75, 3.05) is 0 Å². The van der Waals surface area contributed by atoms with E-state index in [1.807, 2.05) is 0 Å². The molecule has 2 heterocycles. The maximum absolute atomic E-state index is 15.0. The van der Waals surface area contributed by atoms with Gasteiger partial charge in [-0.05, 0) is 51.0 Å². The molecule has 1 amide bonds. The minimum Gasteiger partial charge on any atom is -0.480 e. The van der Waals surface area contributed by atoms with Crippen molar-refractivity contribution in [2.45, 2.75) is 43.6 Å². The zero-order valence-corrected chi connectivity index (χ0v) is 21.8. The Hall–Kier alpha value is -3.57. The van der Waals surface area contributed by atoms with Crippen molar-refractivity contribution in [2.24, 2.45) is 10.9 Å². The van der Waals surface area contributed by atoms with Crippen LogP contribution in [-0.2, 0) is 9.53 Å². The van der Waals surface area contributed by atoms with Crippen LogP contribution >= 0.6 is 24.1 Å². The number of amides is 1. The van der Waals surface area contributed by atoms with Gasteiger partial charge >= 0.3 is 12.1 Å². The lowest BCUT2D eigenvalue weighted by atomic mass is 9.98. The van der Waals surface area contributed by atoms with Gasteiger partial charge in [0.25, 0.3) is 0 Å². The molecule has 0 bridgehead atoms. The number of carboxylic acid groups (broad SMARTS) is 1. The van der Waals surface area contributed by atoms with Crippen LogP contribution in [0.4, 0.5) is 17.5 Å². The van der Waals surface area contributed by atoms with Gasteiger partial charge in [-0.25, -0.2) is 23.5 Å². The Bertz CT molecular complexity index is 1390. The van der Waals surface area contributed by atoms with E-state index in [1.54, 1.807) is 26.8 Å². The predicted molar refractivity (Wildman–Crippen MR) is 135 cm³/mol. The van der Waals surface area contributed by atoms with Crippen LogP contribution in [0.3, 0.4) is 0 Å². The molecule has 0 radical (unpaired) electrons. The third-order valence-electron chi connectivity index (χ3n) is 5.67. The van der Waals surface area contributed by atoms with Crippen LogP contribution < -0.4 is 0 Å². The van der Waals surface area contributed by atoms with Gasteiger partial charge in [-0.15, -0.1) is 3.89 Å². The summed E-state index contributed by atoms with van der Waals surface area (Å²) in [4.78, 5) is 36.7. The van der Waals surface area contributed by atoms with E-state index in [-0.39, 0.29) is 34.1 Å². The summed E-state index contributed by atoms with van der Waals surface area (Å²) in [6.45, 7) is 4.74. The molecule has 38 heavy (non-hydrogen) atoms. The number of aliphatic imine (C=N–C) groups is 1. The van der Waals surface area contributed by atoms with Crippen molar-refractivity contribution in [3.8, 4) is 6.07 Å². The maximum Gasteiger partial charge on any atom is 0.428 e. The molecule has 3 unspecified atom stereocenters. The topological polar surface area (TPSA) is 129 Å². The van der Waals surface area contributed by atoms with Gasteiger partial charge in [0.1, 0.15) is 27.9 Å². The number of ether oxygens (including phenoxy) is 1. The van der Waals surface area contributed by atoms with Crippen molar-refractivity contribution >= 4 is 53.2 Å². The molecule has 9 nitrogen and oxygen atoms in total. The summed E-state index contributed by atoms with van der Waals surface area (Å²) >= 11 is 0.202.